The van der Waals surface area contributed by atoms with Gasteiger partial charge in [-0.2, -0.15) is 0 Å². The van der Waals surface area contributed by atoms with Gasteiger partial charge in [-0.1, -0.05) is 30.3 Å². The smallest absolute Gasteiger partial charge is 0.315 e. The highest BCUT2D eigenvalue weighted by molar-refractivity contribution is 5.78. The van der Waals surface area contributed by atoms with Gasteiger partial charge in [0.1, 0.15) is 5.82 Å². The van der Waals surface area contributed by atoms with Crippen molar-refractivity contribution in [1.29, 1.82) is 0 Å². The van der Waals surface area contributed by atoms with Crippen molar-refractivity contribution in [2.24, 2.45) is 5.73 Å². The van der Waals surface area contributed by atoms with E-state index in [-0.39, 0.29) is 16.9 Å². The molecule has 0 saturated carbocycles. The van der Waals surface area contributed by atoms with E-state index in [1.165, 1.54) is 9.47 Å². The summed E-state index contributed by atoms with van der Waals surface area (Å²) in [5.41, 5.74) is 6.15. The molecule has 2 amide bonds. The monoisotopic (exact) mass is 384 g/mol. The minimum absolute atomic E-state index is 0.00466. The summed E-state index contributed by atoms with van der Waals surface area (Å²) in [6.07, 6.45) is 0.434. The largest absolute Gasteiger partial charge is 0.351 e. The topological polar surface area (TPSA) is 81.2 Å². The first-order chi connectivity index (χ1) is 13.4. The van der Waals surface area contributed by atoms with E-state index in [9.17, 15) is 18.4 Å². The van der Waals surface area contributed by atoms with E-state index in [4.69, 9.17) is 5.73 Å². The number of carbonyl (C=O) groups excluding carboxylic acids is 1. The fourth-order valence-electron chi connectivity index (χ4n) is 3.85. The zero-order chi connectivity index (χ0) is 20.0. The van der Waals surface area contributed by atoms with Gasteiger partial charge in [0, 0.05) is 12.6 Å². The molecule has 0 saturated heterocycles. The minimum Gasteiger partial charge on any atom is -0.351 e. The molecule has 4 rings (SSSR count). The average molecular weight is 384 g/mol. The fraction of sp³-hybridized carbons (Fsp3) is 0.250. The Labute approximate surface area is 159 Å². The SMILES string of the molecule is CC(c1ccccc1)N(C(N)=O)C1CCn2c1nc1cc(F)c(F)cc1c2=O. The second-order valence-corrected chi connectivity index (χ2v) is 6.85. The molecule has 2 heterocycles. The fourth-order valence-corrected chi connectivity index (χ4v) is 3.85. The van der Waals surface area contributed by atoms with Gasteiger partial charge in [-0.3, -0.25) is 9.36 Å². The molecule has 1 aromatic heterocycles. The van der Waals surface area contributed by atoms with E-state index < -0.39 is 29.3 Å². The van der Waals surface area contributed by atoms with Crippen LogP contribution in [0, 0.1) is 11.6 Å². The lowest BCUT2D eigenvalue weighted by Gasteiger charge is -2.33. The van der Waals surface area contributed by atoms with Crippen LogP contribution in [0.15, 0.2) is 47.3 Å². The van der Waals surface area contributed by atoms with Gasteiger partial charge in [0.05, 0.1) is 23.0 Å². The molecule has 0 aliphatic carbocycles. The van der Waals surface area contributed by atoms with Crippen molar-refractivity contribution in [3.05, 3.63) is 75.8 Å². The van der Waals surface area contributed by atoms with E-state index in [1.54, 1.807) is 0 Å². The average Bonchev–Trinajstić information content (AvgIpc) is 3.08. The Hall–Kier alpha value is -3.29. The van der Waals surface area contributed by atoms with Gasteiger partial charge in [-0.25, -0.2) is 18.6 Å². The van der Waals surface area contributed by atoms with Gasteiger partial charge in [0.25, 0.3) is 5.56 Å². The lowest BCUT2D eigenvalue weighted by atomic mass is 10.0. The maximum Gasteiger partial charge on any atom is 0.315 e. The van der Waals surface area contributed by atoms with E-state index in [2.05, 4.69) is 4.98 Å². The Balaban J connectivity index is 1.84. The highest BCUT2D eigenvalue weighted by Gasteiger charge is 2.36. The number of fused-ring (bicyclic) bond motifs is 2. The predicted molar refractivity (Wildman–Crippen MR) is 99.6 cm³/mol. The van der Waals surface area contributed by atoms with Gasteiger partial charge >= 0.3 is 6.03 Å². The number of urea groups is 1. The van der Waals surface area contributed by atoms with Crippen molar-refractivity contribution in [2.75, 3.05) is 0 Å². The molecular weight excluding hydrogens is 366 g/mol. The van der Waals surface area contributed by atoms with Crippen LogP contribution in [0.25, 0.3) is 10.9 Å². The molecule has 144 valence electrons. The van der Waals surface area contributed by atoms with E-state index in [1.807, 2.05) is 37.3 Å². The van der Waals surface area contributed by atoms with E-state index in [0.717, 1.165) is 17.7 Å². The van der Waals surface area contributed by atoms with Gasteiger partial charge in [0.2, 0.25) is 0 Å². The maximum atomic E-state index is 13.7. The molecular formula is C20H18F2N4O2. The van der Waals surface area contributed by atoms with Crippen LogP contribution in [0.3, 0.4) is 0 Å². The Bertz CT molecular complexity index is 1130. The zero-order valence-electron chi connectivity index (χ0n) is 15.1. The molecule has 0 spiro atoms. The molecule has 6 nitrogen and oxygen atoms in total. The normalized spacial score (nSPS) is 16.8. The zero-order valence-corrected chi connectivity index (χ0v) is 15.1. The van der Waals surface area contributed by atoms with Crippen LogP contribution < -0.4 is 11.3 Å². The van der Waals surface area contributed by atoms with Crippen molar-refractivity contribution in [2.45, 2.75) is 32.0 Å². The number of amides is 2. The van der Waals surface area contributed by atoms with Crippen LogP contribution in [0.4, 0.5) is 13.6 Å². The summed E-state index contributed by atoms with van der Waals surface area (Å²) < 4.78 is 28.6. The standard InChI is InChI=1S/C20H18F2N4O2/c1-11(12-5-3-2-4-6-12)26(20(23)28)17-7-8-25-18(17)24-16-10-15(22)14(21)9-13(16)19(25)27/h2-6,9-11,17H,7-8H2,1H3,(H2,23,28). The minimum atomic E-state index is -1.10. The summed E-state index contributed by atoms with van der Waals surface area (Å²) in [4.78, 5) is 30.9. The third kappa shape index (κ3) is 2.81. The van der Waals surface area contributed by atoms with Crippen molar-refractivity contribution in [3.63, 3.8) is 0 Å². The summed E-state index contributed by atoms with van der Waals surface area (Å²) in [6.45, 7) is 2.16. The molecule has 2 aromatic carbocycles. The van der Waals surface area contributed by atoms with Crippen LogP contribution in [-0.2, 0) is 6.54 Å². The summed E-state index contributed by atoms with van der Waals surface area (Å²) in [5, 5.41) is 0.00466. The first-order valence-electron chi connectivity index (χ1n) is 8.90. The highest BCUT2D eigenvalue weighted by Crippen LogP contribution is 2.35. The van der Waals surface area contributed by atoms with Gasteiger partial charge in [-0.15, -0.1) is 0 Å². The highest BCUT2D eigenvalue weighted by atomic mass is 19.2. The number of primary amides is 1. The third-order valence-electron chi connectivity index (χ3n) is 5.24. The molecule has 0 bridgehead atoms. The molecule has 0 fully saturated rings. The van der Waals surface area contributed by atoms with Crippen LogP contribution in [0.1, 0.15) is 36.8 Å². The van der Waals surface area contributed by atoms with E-state index >= 15 is 0 Å². The molecule has 3 aromatic rings. The molecule has 2 N–H and O–H groups in total. The van der Waals surface area contributed by atoms with Gasteiger partial charge in [0.15, 0.2) is 11.6 Å². The number of rotatable bonds is 3. The number of benzene rings is 2. The van der Waals surface area contributed by atoms with E-state index in [0.29, 0.717) is 18.8 Å². The van der Waals surface area contributed by atoms with Crippen molar-refractivity contribution < 1.29 is 13.6 Å². The Morgan fingerprint density at radius 1 is 1.25 bits per heavy atom. The number of nitrogens with two attached hydrogens (primary N) is 1. The molecule has 8 heteroatoms. The molecule has 2 atom stereocenters. The molecule has 28 heavy (non-hydrogen) atoms. The second kappa shape index (κ2) is 6.70. The Kier molecular flexibility index (Phi) is 4.33. The number of halogens is 2. The second-order valence-electron chi connectivity index (χ2n) is 6.85. The number of hydrogen-bond acceptors (Lipinski definition) is 3. The molecule has 1 aliphatic rings. The van der Waals surface area contributed by atoms with Crippen LogP contribution >= 0.6 is 0 Å². The van der Waals surface area contributed by atoms with Crippen LogP contribution in [-0.4, -0.2) is 20.5 Å². The van der Waals surface area contributed by atoms with Gasteiger partial charge in [-0.05, 0) is 25.0 Å². The molecule has 1 aliphatic heterocycles. The number of carbonyl (C=O) groups is 1. The quantitative estimate of drug-likeness (QED) is 0.753. The van der Waals surface area contributed by atoms with Crippen LogP contribution in [0.2, 0.25) is 0 Å². The first kappa shape index (κ1) is 18.1. The molecule has 2 unspecified atom stereocenters. The number of nitrogens with zero attached hydrogens (tertiary/aromatic N) is 3. The van der Waals surface area contributed by atoms with Crippen molar-refractivity contribution >= 4 is 16.9 Å². The van der Waals surface area contributed by atoms with Crippen LogP contribution in [0.5, 0.6) is 0 Å². The van der Waals surface area contributed by atoms with Crippen molar-refractivity contribution in [1.82, 2.24) is 14.5 Å². The molecule has 0 radical (unpaired) electrons. The summed E-state index contributed by atoms with van der Waals surface area (Å²) >= 11 is 0. The maximum absolute atomic E-state index is 13.7. The number of aromatic nitrogens is 2. The van der Waals surface area contributed by atoms with Gasteiger partial charge < -0.3 is 10.6 Å². The first-order valence-corrected chi connectivity index (χ1v) is 8.90. The Morgan fingerprint density at radius 2 is 1.93 bits per heavy atom. The summed E-state index contributed by atoms with van der Waals surface area (Å²) in [7, 11) is 0. The lowest BCUT2D eigenvalue weighted by Crippen LogP contribution is -2.40. The third-order valence-corrected chi connectivity index (χ3v) is 5.24. The predicted octanol–water partition coefficient (Wildman–Crippen LogP) is 3.26. The van der Waals surface area contributed by atoms with Crippen molar-refractivity contribution in [3.8, 4) is 0 Å². The lowest BCUT2D eigenvalue weighted by molar-refractivity contribution is 0.155. The Morgan fingerprint density at radius 3 is 2.61 bits per heavy atom. The number of hydrogen-bond donors (Lipinski definition) is 1. The summed E-state index contributed by atoms with van der Waals surface area (Å²) in [5.74, 6) is -1.86. The summed E-state index contributed by atoms with van der Waals surface area (Å²) in [6, 6.07) is 9.58.